The zero-order valence-electron chi connectivity index (χ0n) is 19.0. The first-order valence-corrected chi connectivity index (χ1v) is 10.9. The van der Waals surface area contributed by atoms with Crippen LogP contribution in [0.2, 0.25) is 0 Å². The molecule has 0 saturated carbocycles. The summed E-state index contributed by atoms with van der Waals surface area (Å²) in [4.78, 5) is 24.2. The Bertz CT molecular complexity index is 1120. The fourth-order valence-electron chi connectivity index (χ4n) is 3.10. The van der Waals surface area contributed by atoms with Gasteiger partial charge in [0, 0.05) is 0 Å². The van der Waals surface area contributed by atoms with E-state index in [4.69, 9.17) is 20.0 Å². The lowest BCUT2D eigenvalue weighted by Crippen LogP contribution is -2.10. The average molecular weight is 453 g/mol. The molecule has 0 radical (unpaired) electrons. The van der Waals surface area contributed by atoms with Gasteiger partial charge in [-0.15, -0.1) is 0 Å². The first-order valence-electron chi connectivity index (χ1n) is 10.9. The lowest BCUT2D eigenvalue weighted by atomic mass is 9.99. The van der Waals surface area contributed by atoms with Crippen LogP contribution in [-0.2, 0) is 9.47 Å². The van der Waals surface area contributed by atoms with Gasteiger partial charge < -0.3 is 9.47 Å². The van der Waals surface area contributed by atoms with Gasteiger partial charge in [0.1, 0.15) is 13.2 Å². The molecule has 0 amide bonds. The number of carbonyl (C=O) groups excluding carboxylic acids is 2. The highest BCUT2D eigenvalue weighted by molar-refractivity contribution is 5.91. The largest absolute Gasteiger partial charge is 0.461 e. The summed E-state index contributed by atoms with van der Waals surface area (Å²) in [5, 5.41) is 17.6. The van der Waals surface area contributed by atoms with Crippen molar-refractivity contribution >= 4 is 11.9 Å². The fourth-order valence-corrected chi connectivity index (χ4v) is 3.10. The maximum absolute atomic E-state index is 12.1. The molecule has 34 heavy (non-hydrogen) atoms. The molecule has 6 nitrogen and oxygen atoms in total. The van der Waals surface area contributed by atoms with Crippen LogP contribution in [0.4, 0.5) is 0 Å². The first kappa shape index (κ1) is 24.2. The standard InChI is InChI=1S/C28H24N2O4/c1-19(15-29)17-33-27(31)25-11-7-23(8-12-25)21-3-5-22(6-4-21)24-9-13-26(14-10-24)28(32)34-18-20(2)16-30/h3-14,19-20H,17-18H2,1-2H3/t19-,20-/m1/s1. The van der Waals surface area contributed by atoms with Crippen LogP contribution in [0.3, 0.4) is 0 Å². The molecule has 0 bridgehead atoms. The maximum atomic E-state index is 12.1. The third kappa shape index (κ3) is 6.31. The van der Waals surface area contributed by atoms with Gasteiger partial charge in [-0.05, 0) is 60.4 Å². The van der Waals surface area contributed by atoms with Gasteiger partial charge >= 0.3 is 11.9 Å². The summed E-state index contributed by atoms with van der Waals surface area (Å²) < 4.78 is 10.3. The van der Waals surface area contributed by atoms with Crippen LogP contribution in [0.15, 0.2) is 72.8 Å². The van der Waals surface area contributed by atoms with Crippen LogP contribution in [0.5, 0.6) is 0 Å². The monoisotopic (exact) mass is 452 g/mol. The van der Waals surface area contributed by atoms with E-state index in [9.17, 15) is 9.59 Å². The van der Waals surface area contributed by atoms with Gasteiger partial charge in [0.2, 0.25) is 0 Å². The summed E-state index contributed by atoms with van der Waals surface area (Å²) >= 11 is 0. The number of hydrogen-bond donors (Lipinski definition) is 0. The highest BCUT2D eigenvalue weighted by atomic mass is 16.5. The fraction of sp³-hybridized carbons (Fsp3) is 0.214. The molecule has 3 rings (SSSR count). The minimum atomic E-state index is -0.448. The Morgan fingerprint density at radius 1 is 0.618 bits per heavy atom. The summed E-state index contributed by atoms with van der Waals surface area (Å²) in [6, 6.07) is 26.3. The molecule has 0 aliphatic carbocycles. The van der Waals surface area contributed by atoms with E-state index in [1.54, 1.807) is 38.1 Å². The van der Waals surface area contributed by atoms with E-state index in [2.05, 4.69) is 0 Å². The Labute approximate surface area is 199 Å². The molecule has 2 atom stereocenters. The van der Waals surface area contributed by atoms with E-state index in [1.807, 2.05) is 60.7 Å². The third-order valence-electron chi connectivity index (χ3n) is 5.16. The van der Waals surface area contributed by atoms with Crippen molar-refractivity contribution in [2.24, 2.45) is 11.8 Å². The lowest BCUT2D eigenvalue weighted by Gasteiger charge is -2.09. The first-order chi connectivity index (χ1) is 16.4. The molecule has 0 spiro atoms. The average Bonchev–Trinajstić information content (AvgIpc) is 2.90. The van der Waals surface area contributed by atoms with Crippen molar-refractivity contribution in [1.29, 1.82) is 10.5 Å². The Kier molecular flexibility index (Phi) is 8.16. The predicted octanol–water partition coefficient (Wildman–Crippen LogP) is 5.65. The molecule has 0 fully saturated rings. The van der Waals surface area contributed by atoms with Crippen LogP contribution in [0.1, 0.15) is 34.6 Å². The Balaban J connectivity index is 1.64. The minimum absolute atomic E-state index is 0.0705. The van der Waals surface area contributed by atoms with Crippen molar-refractivity contribution < 1.29 is 19.1 Å². The number of nitriles is 2. The van der Waals surface area contributed by atoms with Crippen LogP contribution >= 0.6 is 0 Å². The second-order valence-electron chi connectivity index (χ2n) is 7.99. The molecule has 3 aromatic rings. The molecule has 0 aliphatic heterocycles. The molecular weight excluding hydrogens is 428 g/mol. The van der Waals surface area contributed by atoms with Crippen LogP contribution < -0.4 is 0 Å². The molecule has 0 heterocycles. The summed E-state index contributed by atoms with van der Waals surface area (Å²) in [7, 11) is 0. The van der Waals surface area contributed by atoms with E-state index in [1.165, 1.54) is 0 Å². The predicted molar refractivity (Wildman–Crippen MR) is 127 cm³/mol. The number of ether oxygens (including phenoxy) is 2. The minimum Gasteiger partial charge on any atom is -0.461 e. The SMILES string of the molecule is C[C@H](C#N)COC(=O)c1ccc(-c2ccc(-c3ccc(C(=O)OC[C@H](C)C#N)cc3)cc2)cc1. The number of rotatable bonds is 8. The van der Waals surface area contributed by atoms with E-state index in [-0.39, 0.29) is 25.0 Å². The molecular formula is C28H24N2O4. The highest BCUT2D eigenvalue weighted by Crippen LogP contribution is 2.26. The molecule has 170 valence electrons. The van der Waals surface area contributed by atoms with E-state index in [0.717, 1.165) is 22.3 Å². The normalized spacial score (nSPS) is 12.0. The van der Waals surface area contributed by atoms with Crippen molar-refractivity contribution in [1.82, 2.24) is 0 Å². The lowest BCUT2D eigenvalue weighted by molar-refractivity contribution is 0.0467. The van der Waals surface area contributed by atoms with Gasteiger partial charge in [0.15, 0.2) is 0 Å². The second-order valence-corrected chi connectivity index (χ2v) is 7.99. The van der Waals surface area contributed by atoms with E-state index < -0.39 is 11.9 Å². The number of benzene rings is 3. The Morgan fingerprint density at radius 3 is 1.15 bits per heavy atom. The zero-order chi connectivity index (χ0) is 24.5. The molecule has 0 saturated heterocycles. The van der Waals surface area contributed by atoms with Gasteiger partial charge in [-0.3, -0.25) is 0 Å². The maximum Gasteiger partial charge on any atom is 0.338 e. The summed E-state index contributed by atoms with van der Waals surface area (Å²) in [6.45, 7) is 3.53. The van der Waals surface area contributed by atoms with Gasteiger partial charge in [0.25, 0.3) is 0 Å². The molecule has 0 N–H and O–H groups in total. The van der Waals surface area contributed by atoms with Crippen molar-refractivity contribution in [3.05, 3.63) is 83.9 Å². The number of esters is 2. The van der Waals surface area contributed by atoms with E-state index in [0.29, 0.717) is 11.1 Å². The molecule has 0 aliphatic rings. The van der Waals surface area contributed by atoms with Crippen molar-refractivity contribution in [2.45, 2.75) is 13.8 Å². The summed E-state index contributed by atoms with van der Waals surface area (Å²) in [5.74, 6) is -1.58. The molecule has 3 aromatic carbocycles. The van der Waals surface area contributed by atoms with Crippen LogP contribution in [0.25, 0.3) is 22.3 Å². The van der Waals surface area contributed by atoms with Gasteiger partial charge in [-0.2, -0.15) is 10.5 Å². The smallest absolute Gasteiger partial charge is 0.338 e. The van der Waals surface area contributed by atoms with Crippen molar-refractivity contribution in [3.63, 3.8) is 0 Å². The van der Waals surface area contributed by atoms with E-state index >= 15 is 0 Å². The van der Waals surface area contributed by atoms with Crippen molar-refractivity contribution in [2.75, 3.05) is 13.2 Å². The molecule has 6 heteroatoms. The Morgan fingerprint density at radius 2 is 0.882 bits per heavy atom. The number of hydrogen-bond acceptors (Lipinski definition) is 6. The number of nitrogens with zero attached hydrogens (tertiary/aromatic N) is 2. The van der Waals surface area contributed by atoms with Crippen molar-refractivity contribution in [3.8, 4) is 34.4 Å². The van der Waals surface area contributed by atoms with Gasteiger partial charge in [0.05, 0.1) is 35.1 Å². The topological polar surface area (TPSA) is 100 Å². The van der Waals surface area contributed by atoms with Gasteiger partial charge in [-0.1, -0.05) is 48.5 Å². The van der Waals surface area contributed by atoms with Gasteiger partial charge in [-0.25, -0.2) is 9.59 Å². The summed E-state index contributed by atoms with van der Waals surface area (Å²) in [5.41, 5.74) is 4.77. The molecule has 0 unspecified atom stereocenters. The van der Waals surface area contributed by atoms with Crippen LogP contribution in [0, 0.1) is 34.5 Å². The Hall–Kier alpha value is -4.42. The zero-order valence-corrected chi connectivity index (χ0v) is 19.0. The highest BCUT2D eigenvalue weighted by Gasteiger charge is 2.11. The quantitative estimate of drug-likeness (QED) is 0.409. The second kappa shape index (κ2) is 11.4. The molecule has 0 aromatic heterocycles. The third-order valence-corrected chi connectivity index (χ3v) is 5.16. The number of carbonyl (C=O) groups is 2. The summed E-state index contributed by atoms with van der Waals surface area (Å²) in [6.07, 6.45) is 0. The van der Waals surface area contributed by atoms with Crippen LogP contribution in [-0.4, -0.2) is 25.2 Å².